The van der Waals surface area contributed by atoms with Gasteiger partial charge < -0.3 is 14.8 Å². The number of nitrogens with one attached hydrogen (secondary N) is 1. The number of fused-ring (bicyclic) bond motifs is 3. The highest BCUT2D eigenvalue weighted by Crippen LogP contribution is 2.52. The van der Waals surface area contributed by atoms with Crippen LogP contribution >= 0.6 is 0 Å². The third-order valence-electron chi connectivity index (χ3n) is 5.34. The summed E-state index contributed by atoms with van der Waals surface area (Å²) in [5, 5.41) is 15.0. The summed E-state index contributed by atoms with van der Waals surface area (Å²) in [6.07, 6.45) is 5.35. The number of anilines is 1. The summed E-state index contributed by atoms with van der Waals surface area (Å²) in [4.78, 5) is 11.0. The van der Waals surface area contributed by atoms with Crippen LogP contribution in [0, 0.1) is 16.0 Å². The van der Waals surface area contributed by atoms with Crippen molar-refractivity contribution in [1.29, 1.82) is 0 Å². The summed E-state index contributed by atoms with van der Waals surface area (Å²) in [6.45, 7) is 0. The standard InChI is InChI=1S/C20H20N2O4/c1-25-17-10-9-12(11-16(17)22(23)24)19-14-6-3-5-13(14)15-7-4-8-18(26-2)20(15)21-19/h3-5,7-11,13-14,19,21H,6H2,1-2H3/t13-,14-,19+/m0/s1. The smallest absolute Gasteiger partial charge is 0.311 e. The van der Waals surface area contributed by atoms with Gasteiger partial charge >= 0.3 is 5.69 Å². The van der Waals surface area contributed by atoms with Crippen molar-refractivity contribution in [2.75, 3.05) is 19.5 Å². The lowest BCUT2D eigenvalue weighted by molar-refractivity contribution is -0.385. The zero-order valence-electron chi connectivity index (χ0n) is 14.6. The maximum Gasteiger partial charge on any atom is 0.311 e. The second-order valence-corrected chi connectivity index (χ2v) is 6.59. The molecule has 6 nitrogen and oxygen atoms in total. The molecule has 0 amide bonds. The summed E-state index contributed by atoms with van der Waals surface area (Å²) in [7, 11) is 3.10. The Labute approximate surface area is 151 Å². The van der Waals surface area contributed by atoms with E-state index in [0.717, 1.165) is 23.4 Å². The van der Waals surface area contributed by atoms with Crippen LogP contribution < -0.4 is 14.8 Å². The van der Waals surface area contributed by atoms with Crippen molar-refractivity contribution in [3.63, 3.8) is 0 Å². The molecule has 1 aliphatic carbocycles. The number of nitro benzene ring substituents is 1. The molecule has 0 saturated carbocycles. The fourth-order valence-electron chi connectivity index (χ4n) is 4.14. The van der Waals surface area contributed by atoms with Crippen LogP contribution in [-0.4, -0.2) is 19.1 Å². The van der Waals surface area contributed by atoms with E-state index in [1.54, 1.807) is 19.2 Å². The van der Waals surface area contributed by atoms with Crippen molar-refractivity contribution in [2.24, 2.45) is 5.92 Å². The van der Waals surface area contributed by atoms with Crippen LogP contribution in [-0.2, 0) is 0 Å². The minimum Gasteiger partial charge on any atom is -0.495 e. The van der Waals surface area contributed by atoms with Gasteiger partial charge in [-0.3, -0.25) is 10.1 Å². The summed E-state index contributed by atoms with van der Waals surface area (Å²) < 4.78 is 10.7. The van der Waals surface area contributed by atoms with Crippen molar-refractivity contribution in [1.82, 2.24) is 0 Å². The van der Waals surface area contributed by atoms with Gasteiger partial charge in [0.2, 0.25) is 0 Å². The van der Waals surface area contributed by atoms with Crippen molar-refractivity contribution < 1.29 is 14.4 Å². The predicted octanol–water partition coefficient (Wildman–Crippen LogP) is 4.44. The molecule has 0 spiro atoms. The van der Waals surface area contributed by atoms with Crippen LogP contribution in [0.25, 0.3) is 0 Å². The van der Waals surface area contributed by atoms with Crippen LogP contribution in [0.15, 0.2) is 48.6 Å². The molecule has 6 heteroatoms. The molecule has 4 rings (SSSR count). The molecule has 0 aromatic heterocycles. The average Bonchev–Trinajstić information content (AvgIpc) is 3.16. The van der Waals surface area contributed by atoms with E-state index in [1.807, 2.05) is 18.2 Å². The molecule has 3 atom stereocenters. The molecule has 2 aromatic rings. The van der Waals surface area contributed by atoms with Crippen LogP contribution in [0.2, 0.25) is 0 Å². The first-order chi connectivity index (χ1) is 12.6. The summed E-state index contributed by atoms with van der Waals surface area (Å²) in [5.41, 5.74) is 3.04. The van der Waals surface area contributed by atoms with Gasteiger partial charge in [-0.15, -0.1) is 0 Å². The Morgan fingerprint density at radius 3 is 2.69 bits per heavy atom. The summed E-state index contributed by atoms with van der Waals surface area (Å²) in [6, 6.07) is 11.2. The van der Waals surface area contributed by atoms with Gasteiger partial charge in [-0.05, 0) is 35.6 Å². The summed E-state index contributed by atoms with van der Waals surface area (Å²) in [5.74, 6) is 1.64. The van der Waals surface area contributed by atoms with Gasteiger partial charge in [-0.25, -0.2) is 0 Å². The van der Waals surface area contributed by atoms with E-state index in [4.69, 9.17) is 9.47 Å². The van der Waals surface area contributed by atoms with Crippen LogP contribution in [0.1, 0.15) is 29.5 Å². The van der Waals surface area contributed by atoms with Gasteiger partial charge in [0, 0.05) is 12.0 Å². The van der Waals surface area contributed by atoms with Gasteiger partial charge in [0.25, 0.3) is 0 Å². The summed E-state index contributed by atoms with van der Waals surface area (Å²) >= 11 is 0. The van der Waals surface area contributed by atoms with Crippen molar-refractivity contribution in [3.8, 4) is 11.5 Å². The fourth-order valence-corrected chi connectivity index (χ4v) is 4.14. The lowest BCUT2D eigenvalue weighted by Gasteiger charge is -2.38. The molecule has 0 saturated heterocycles. The Morgan fingerprint density at radius 2 is 1.96 bits per heavy atom. The SMILES string of the molecule is COc1ccc([C@H]2Nc3c(OC)cccc3[C@H]3C=CC[C@@H]32)cc1[N+](=O)[O-]. The third kappa shape index (κ3) is 2.49. The second kappa shape index (κ2) is 6.37. The quantitative estimate of drug-likeness (QED) is 0.500. The first kappa shape index (κ1) is 16.4. The predicted molar refractivity (Wildman–Crippen MR) is 99.0 cm³/mol. The van der Waals surface area contributed by atoms with Crippen LogP contribution in [0.4, 0.5) is 11.4 Å². The zero-order valence-corrected chi connectivity index (χ0v) is 14.6. The number of allylic oxidation sites excluding steroid dienone is 2. The minimum atomic E-state index is -0.399. The zero-order chi connectivity index (χ0) is 18.3. The minimum absolute atomic E-state index is 0.0138. The van der Waals surface area contributed by atoms with Crippen molar-refractivity contribution in [3.05, 3.63) is 69.8 Å². The highest BCUT2D eigenvalue weighted by molar-refractivity contribution is 5.68. The van der Waals surface area contributed by atoms with Gasteiger partial charge in [0.15, 0.2) is 5.75 Å². The molecule has 2 aliphatic rings. The van der Waals surface area contributed by atoms with E-state index in [-0.39, 0.29) is 23.4 Å². The lowest BCUT2D eigenvalue weighted by Crippen LogP contribution is -2.29. The number of methoxy groups -OCH3 is 2. The van der Waals surface area contributed by atoms with Crippen LogP contribution in [0.5, 0.6) is 11.5 Å². The molecule has 0 fully saturated rings. The Bertz CT molecular complexity index is 893. The average molecular weight is 352 g/mol. The molecular formula is C20H20N2O4. The maximum absolute atomic E-state index is 11.4. The second-order valence-electron chi connectivity index (χ2n) is 6.59. The number of nitrogens with zero attached hydrogens (tertiary/aromatic N) is 1. The molecule has 1 aliphatic heterocycles. The number of rotatable bonds is 4. The molecule has 0 radical (unpaired) electrons. The first-order valence-corrected chi connectivity index (χ1v) is 8.56. The monoisotopic (exact) mass is 352 g/mol. The Hall–Kier alpha value is -3.02. The van der Waals surface area contributed by atoms with Gasteiger partial charge in [0.05, 0.1) is 30.9 Å². The topological polar surface area (TPSA) is 73.6 Å². The number of para-hydroxylation sites is 1. The van der Waals surface area contributed by atoms with Crippen molar-refractivity contribution in [2.45, 2.75) is 18.4 Å². The molecule has 0 unspecified atom stereocenters. The number of hydrogen-bond acceptors (Lipinski definition) is 5. The molecular weight excluding hydrogens is 332 g/mol. The third-order valence-corrected chi connectivity index (χ3v) is 5.34. The number of nitro groups is 1. The van der Waals surface area contributed by atoms with Gasteiger partial charge in [-0.2, -0.15) is 0 Å². The van der Waals surface area contributed by atoms with E-state index >= 15 is 0 Å². The normalized spacial score (nSPS) is 22.9. The molecule has 2 aromatic carbocycles. The Kier molecular flexibility index (Phi) is 4.03. The molecule has 1 N–H and O–H groups in total. The highest BCUT2D eigenvalue weighted by Gasteiger charge is 2.39. The lowest BCUT2D eigenvalue weighted by atomic mass is 9.77. The van der Waals surface area contributed by atoms with Crippen LogP contribution in [0.3, 0.4) is 0 Å². The maximum atomic E-state index is 11.4. The Balaban J connectivity index is 1.80. The first-order valence-electron chi connectivity index (χ1n) is 8.56. The highest BCUT2D eigenvalue weighted by atomic mass is 16.6. The molecule has 1 heterocycles. The fraction of sp³-hybridized carbons (Fsp3) is 0.300. The van der Waals surface area contributed by atoms with Gasteiger partial charge in [0.1, 0.15) is 5.75 Å². The molecule has 0 bridgehead atoms. The number of benzene rings is 2. The largest absolute Gasteiger partial charge is 0.495 e. The van der Waals surface area contributed by atoms with E-state index < -0.39 is 4.92 Å². The molecule has 26 heavy (non-hydrogen) atoms. The van der Waals surface area contributed by atoms with E-state index in [9.17, 15) is 10.1 Å². The molecule has 134 valence electrons. The Morgan fingerprint density at radius 1 is 1.15 bits per heavy atom. The van der Waals surface area contributed by atoms with Gasteiger partial charge in [-0.1, -0.05) is 30.4 Å². The number of hydrogen-bond donors (Lipinski definition) is 1. The van der Waals surface area contributed by atoms with E-state index in [1.165, 1.54) is 12.7 Å². The van der Waals surface area contributed by atoms with Crippen molar-refractivity contribution >= 4 is 11.4 Å². The van der Waals surface area contributed by atoms with E-state index in [2.05, 4.69) is 23.5 Å². The number of ether oxygens (including phenoxy) is 2. The van der Waals surface area contributed by atoms with E-state index in [0.29, 0.717) is 5.92 Å².